The number of nitrogens with zero attached hydrogens (tertiary/aromatic N) is 1. The number of likely N-dealkylation sites (tertiary alicyclic amines) is 1. The van der Waals surface area contributed by atoms with Crippen molar-refractivity contribution in [2.75, 3.05) is 20.2 Å². The Balaban J connectivity index is 1.59. The summed E-state index contributed by atoms with van der Waals surface area (Å²) < 4.78 is 11.0. The third-order valence-corrected chi connectivity index (χ3v) is 7.02. The van der Waals surface area contributed by atoms with E-state index in [9.17, 15) is 9.59 Å². The number of ether oxygens (including phenoxy) is 2. The molecule has 0 unspecified atom stereocenters. The average Bonchev–Trinajstić information content (AvgIpc) is 3.23. The largest absolute Gasteiger partial charge is 0.469 e. The van der Waals surface area contributed by atoms with Crippen molar-refractivity contribution < 1.29 is 19.1 Å². The van der Waals surface area contributed by atoms with Crippen LogP contribution in [0.2, 0.25) is 0 Å². The highest BCUT2D eigenvalue weighted by molar-refractivity contribution is 5.87. The molecule has 1 aliphatic carbocycles. The van der Waals surface area contributed by atoms with Crippen molar-refractivity contribution in [1.29, 1.82) is 0 Å². The molecular weight excluding hydrogens is 416 g/mol. The zero-order chi connectivity index (χ0) is 23.4. The van der Waals surface area contributed by atoms with Gasteiger partial charge in [0.05, 0.1) is 25.0 Å². The number of benzene rings is 2. The predicted octanol–water partition coefficient (Wildman–Crippen LogP) is 4.33. The van der Waals surface area contributed by atoms with Gasteiger partial charge < -0.3 is 20.1 Å². The molecule has 33 heavy (non-hydrogen) atoms. The highest BCUT2D eigenvalue weighted by atomic mass is 16.5. The number of amides is 1. The van der Waals surface area contributed by atoms with Gasteiger partial charge in [0, 0.05) is 6.54 Å². The zero-order valence-electron chi connectivity index (χ0n) is 19.1. The Kier molecular flexibility index (Phi) is 7.14. The van der Waals surface area contributed by atoms with Crippen molar-refractivity contribution in [3.8, 4) is 11.5 Å². The summed E-state index contributed by atoms with van der Waals surface area (Å²) in [6.45, 7) is 4.99. The lowest BCUT2D eigenvalue weighted by Gasteiger charge is -2.42. The quantitative estimate of drug-likeness (QED) is 0.480. The normalized spacial score (nSPS) is 26.5. The van der Waals surface area contributed by atoms with Gasteiger partial charge in [-0.2, -0.15) is 0 Å². The maximum Gasteiger partial charge on any atom is 0.310 e. The van der Waals surface area contributed by atoms with Gasteiger partial charge in [0.2, 0.25) is 5.91 Å². The summed E-state index contributed by atoms with van der Waals surface area (Å²) in [4.78, 5) is 28.2. The van der Waals surface area contributed by atoms with E-state index < -0.39 is 5.92 Å². The molecule has 2 aromatic rings. The first kappa shape index (κ1) is 23.1. The third-order valence-electron chi connectivity index (χ3n) is 7.02. The number of piperidine rings is 1. The molecule has 1 saturated heterocycles. The molecule has 0 bridgehead atoms. The molecule has 0 aromatic heterocycles. The summed E-state index contributed by atoms with van der Waals surface area (Å²) in [5.74, 6) is 0.465. The van der Waals surface area contributed by atoms with Gasteiger partial charge in [0.1, 0.15) is 11.5 Å². The van der Waals surface area contributed by atoms with Crippen LogP contribution in [0.25, 0.3) is 0 Å². The lowest BCUT2D eigenvalue weighted by molar-refractivity contribution is -0.157. The molecule has 2 N–H and O–H groups in total. The number of esters is 1. The Hall–Kier alpha value is -3.12. The van der Waals surface area contributed by atoms with Crippen LogP contribution in [0.5, 0.6) is 11.5 Å². The number of carbonyl (C=O) groups excluding carboxylic acids is 2. The molecule has 5 atom stereocenters. The lowest BCUT2D eigenvalue weighted by atomic mass is 9.78. The van der Waals surface area contributed by atoms with E-state index in [-0.39, 0.29) is 35.7 Å². The van der Waals surface area contributed by atoms with Crippen molar-refractivity contribution in [1.82, 2.24) is 4.90 Å². The van der Waals surface area contributed by atoms with E-state index in [1.54, 1.807) is 0 Å². The topological polar surface area (TPSA) is 81.9 Å². The number of allylic oxidation sites excluding steroid dienone is 1. The number of para-hydroxylation sites is 1. The van der Waals surface area contributed by atoms with Crippen LogP contribution in [0.3, 0.4) is 0 Å². The molecule has 0 radical (unpaired) electrons. The molecular formula is C27H32N2O4. The number of rotatable bonds is 8. The molecule has 2 fully saturated rings. The van der Waals surface area contributed by atoms with Gasteiger partial charge in [-0.3, -0.25) is 9.59 Å². The molecule has 0 spiro atoms. The molecule has 2 aromatic carbocycles. The minimum absolute atomic E-state index is 0.0223. The maximum absolute atomic E-state index is 13.7. The first-order valence-corrected chi connectivity index (χ1v) is 11.6. The summed E-state index contributed by atoms with van der Waals surface area (Å²) >= 11 is 0. The van der Waals surface area contributed by atoms with Crippen LogP contribution >= 0.6 is 0 Å². The van der Waals surface area contributed by atoms with E-state index in [0.29, 0.717) is 19.5 Å². The first-order valence-electron chi connectivity index (χ1n) is 11.6. The van der Waals surface area contributed by atoms with Crippen LogP contribution in [0.1, 0.15) is 30.9 Å². The average molecular weight is 449 g/mol. The Morgan fingerprint density at radius 1 is 1.12 bits per heavy atom. The fourth-order valence-corrected chi connectivity index (χ4v) is 5.49. The van der Waals surface area contributed by atoms with E-state index in [2.05, 4.69) is 6.58 Å². The minimum Gasteiger partial charge on any atom is -0.469 e. The summed E-state index contributed by atoms with van der Waals surface area (Å²) in [5, 5.41) is 0. The van der Waals surface area contributed by atoms with Crippen molar-refractivity contribution in [2.24, 2.45) is 29.4 Å². The summed E-state index contributed by atoms with van der Waals surface area (Å²) in [7, 11) is 1.39. The monoisotopic (exact) mass is 448 g/mol. The van der Waals surface area contributed by atoms with E-state index in [4.69, 9.17) is 15.2 Å². The van der Waals surface area contributed by atoms with Gasteiger partial charge in [-0.1, -0.05) is 36.4 Å². The van der Waals surface area contributed by atoms with Crippen LogP contribution < -0.4 is 10.5 Å². The van der Waals surface area contributed by atoms with Crippen LogP contribution in [0.15, 0.2) is 67.3 Å². The van der Waals surface area contributed by atoms with E-state index in [1.807, 2.05) is 65.6 Å². The Morgan fingerprint density at radius 3 is 2.45 bits per heavy atom. The molecule has 6 nitrogen and oxygen atoms in total. The second-order valence-corrected chi connectivity index (χ2v) is 8.88. The molecule has 2 aliphatic rings. The van der Waals surface area contributed by atoms with E-state index in [1.165, 1.54) is 7.11 Å². The van der Waals surface area contributed by atoms with Gasteiger partial charge in [-0.25, -0.2) is 0 Å². The maximum atomic E-state index is 13.7. The van der Waals surface area contributed by atoms with Crippen molar-refractivity contribution >= 4 is 11.9 Å². The summed E-state index contributed by atoms with van der Waals surface area (Å²) in [5.41, 5.74) is 6.84. The fraction of sp³-hybridized carbons (Fsp3) is 0.407. The molecule has 4 rings (SSSR count). The number of nitrogens with two attached hydrogens (primary N) is 1. The highest BCUT2D eigenvalue weighted by Crippen LogP contribution is 2.51. The summed E-state index contributed by atoms with van der Waals surface area (Å²) in [6.07, 6.45) is 4.10. The second-order valence-electron chi connectivity index (χ2n) is 8.88. The van der Waals surface area contributed by atoms with E-state index >= 15 is 0 Å². The van der Waals surface area contributed by atoms with E-state index in [0.717, 1.165) is 29.9 Å². The lowest BCUT2D eigenvalue weighted by Crippen LogP contribution is -2.49. The number of fused-ring (bicyclic) bond motifs is 1. The predicted molar refractivity (Wildman–Crippen MR) is 126 cm³/mol. The second kappa shape index (κ2) is 10.2. The Bertz CT molecular complexity index is 975. The van der Waals surface area contributed by atoms with Gasteiger partial charge in [-0.15, -0.1) is 6.58 Å². The van der Waals surface area contributed by atoms with Gasteiger partial charge in [0.25, 0.3) is 0 Å². The van der Waals surface area contributed by atoms with Gasteiger partial charge >= 0.3 is 5.97 Å². The molecule has 1 aliphatic heterocycles. The highest BCUT2D eigenvalue weighted by Gasteiger charge is 2.55. The van der Waals surface area contributed by atoms with Crippen molar-refractivity contribution in [3.05, 3.63) is 72.8 Å². The van der Waals surface area contributed by atoms with Gasteiger partial charge in [0.15, 0.2) is 0 Å². The molecule has 6 heteroatoms. The van der Waals surface area contributed by atoms with Crippen molar-refractivity contribution in [3.63, 3.8) is 0 Å². The first-order chi connectivity index (χ1) is 16.1. The summed E-state index contributed by atoms with van der Waals surface area (Å²) in [6, 6.07) is 17.5. The number of methoxy groups -OCH3 is 1. The molecule has 1 saturated carbocycles. The zero-order valence-corrected chi connectivity index (χ0v) is 19.1. The Labute approximate surface area is 195 Å². The number of carbonyl (C=O) groups is 2. The van der Waals surface area contributed by atoms with Crippen LogP contribution in [0, 0.1) is 23.7 Å². The van der Waals surface area contributed by atoms with Crippen LogP contribution in [0.4, 0.5) is 0 Å². The van der Waals surface area contributed by atoms with Crippen LogP contribution in [-0.4, -0.2) is 37.0 Å². The molecule has 1 heterocycles. The fourth-order valence-electron chi connectivity index (χ4n) is 5.49. The standard InChI is InChI=1S/C27H32N2O4/c1-3-18-16-20-17-23(19-10-12-22(13-11-19)33-21-8-5-4-6-9-21)29(15-7-14-28)26(30)24(20)25(18)27(31)32-2/h3-6,8-13,18,20,23-25H,1,7,14-17,28H2,2H3/t18-,20-,23+,24+,25-/m1/s1. The minimum atomic E-state index is -0.465. The molecule has 174 valence electrons. The smallest absolute Gasteiger partial charge is 0.310 e. The van der Waals surface area contributed by atoms with Crippen LogP contribution in [-0.2, 0) is 14.3 Å². The number of hydrogen-bond donors (Lipinski definition) is 1. The van der Waals surface area contributed by atoms with Gasteiger partial charge in [-0.05, 0) is 67.5 Å². The number of hydrogen-bond acceptors (Lipinski definition) is 5. The molecule has 1 amide bonds. The Morgan fingerprint density at radius 2 is 1.82 bits per heavy atom. The van der Waals surface area contributed by atoms with Crippen molar-refractivity contribution in [2.45, 2.75) is 25.3 Å². The SMILES string of the molecule is C=C[C@@H]1C[C@@H]2C[C@@H](c3ccc(Oc4ccccc4)cc3)N(CCCN)C(=O)[C@@H]2[C@@H]1C(=O)OC. The third kappa shape index (κ3) is 4.67.